The molecule has 0 aliphatic heterocycles. The van der Waals surface area contributed by atoms with E-state index >= 15 is 0 Å². The number of nitrogens with one attached hydrogen (secondary N) is 2. The first-order chi connectivity index (χ1) is 10.3. The Kier molecular flexibility index (Phi) is 3.12. The molecule has 0 aromatic carbocycles. The number of aromatic amines is 1. The molecular weight excluding hydrogens is 306 g/mol. The van der Waals surface area contributed by atoms with Gasteiger partial charge in [0.15, 0.2) is 17.5 Å². The molecule has 5 nitrogen and oxygen atoms in total. The summed E-state index contributed by atoms with van der Waals surface area (Å²) in [4.78, 5) is 9.76. The van der Waals surface area contributed by atoms with Gasteiger partial charge in [0, 0.05) is 17.7 Å². The molecule has 1 fully saturated rings. The van der Waals surface area contributed by atoms with Crippen LogP contribution in [0, 0.1) is 0 Å². The molecule has 1 aliphatic rings. The number of rotatable bonds is 4. The van der Waals surface area contributed by atoms with Crippen LogP contribution in [0.2, 0.25) is 5.02 Å². The molecule has 21 heavy (non-hydrogen) atoms. The third-order valence-electron chi connectivity index (χ3n) is 3.35. The summed E-state index contributed by atoms with van der Waals surface area (Å²) in [7, 11) is 0. The molecule has 106 valence electrons. The number of hydrogen-bond acceptors (Lipinski definition) is 5. The maximum atomic E-state index is 6.17. The van der Waals surface area contributed by atoms with Crippen LogP contribution in [-0.4, -0.2) is 20.2 Å². The molecule has 1 saturated carbocycles. The van der Waals surface area contributed by atoms with Crippen LogP contribution in [0.5, 0.6) is 0 Å². The molecule has 3 aromatic heterocycles. The average Bonchev–Trinajstić information content (AvgIpc) is 3.01. The minimum atomic E-state index is 0.478. The number of thiophene rings is 1. The smallest absolute Gasteiger partial charge is 0.171 e. The van der Waals surface area contributed by atoms with Gasteiger partial charge in [-0.2, -0.15) is 5.10 Å². The SMILES string of the molecule is Clc1cnc(-c2cccs2)nc1Nc1cc(C2CC2)[nH]n1. The van der Waals surface area contributed by atoms with E-state index in [4.69, 9.17) is 11.6 Å². The maximum absolute atomic E-state index is 6.17. The van der Waals surface area contributed by atoms with Gasteiger partial charge in [0.25, 0.3) is 0 Å². The van der Waals surface area contributed by atoms with Crippen molar-refractivity contribution < 1.29 is 0 Å². The van der Waals surface area contributed by atoms with E-state index in [2.05, 4.69) is 25.5 Å². The van der Waals surface area contributed by atoms with Crippen molar-refractivity contribution in [2.45, 2.75) is 18.8 Å². The Hall–Kier alpha value is -1.92. The lowest BCUT2D eigenvalue weighted by molar-refractivity contribution is 0.966. The molecule has 3 heterocycles. The van der Waals surface area contributed by atoms with Crippen molar-refractivity contribution >= 4 is 34.6 Å². The summed E-state index contributed by atoms with van der Waals surface area (Å²) < 4.78 is 0. The summed E-state index contributed by atoms with van der Waals surface area (Å²) in [5.41, 5.74) is 1.17. The summed E-state index contributed by atoms with van der Waals surface area (Å²) >= 11 is 7.76. The highest BCUT2D eigenvalue weighted by molar-refractivity contribution is 7.13. The largest absolute Gasteiger partial charge is 0.322 e. The fourth-order valence-electron chi connectivity index (χ4n) is 2.10. The molecule has 0 atom stereocenters. The molecule has 0 saturated heterocycles. The predicted molar refractivity (Wildman–Crippen MR) is 84.2 cm³/mol. The van der Waals surface area contributed by atoms with Crippen LogP contribution in [0.4, 0.5) is 11.6 Å². The van der Waals surface area contributed by atoms with Gasteiger partial charge in [-0.1, -0.05) is 17.7 Å². The number of halogens is 1. The van der Waals surface area contributed by atoms with Crippen LogP contribution >= 0.6 is 22.9 Å². The van der Waals surface area contributed by atoms with E-state index in [1.165, 1.54) is 18.5 Å². The predicted octanol–water partition coefficient (Wildman–Crippen LogP) is 4.20. The summed E-state index contributed by atoms with van der Waals surface area (Å²) in [5.74, 6) is 2.60. The summed E-state index contributed by atoms with van der Waals surface area (Å²) in [6.45, 7) is 0. The summed E-state index contributed by atoms with van der Waals surface area (Å²) in [5, 5.41) is 12.9. The van der Waals surface area contributed by atoms with E-state index in [-0.39, 0.29) is 0 Å². The van der Waals surface area contributed by atoms with Gasteiger partial charge in [-0.15, -0.1) is 11.3 Å². The molecule has 7 heteroatoms. The number of aromatic nitrogens is 4. The topological polar surface area (TPSA) is 66.5 Å². The Morgan fingerprint density at radius 3 is 3.05 bits per heavy atom. The first-order valence-corrected chi connectivity index (χ1v) is 7.94. The fourth-order valence-corrected chi connectivity index (χ4v) is 2.91. The normalized spacial score (nSPS) is 14.3. The van der Waals surface area contributed by atoms with Crippen LogP contribution < -0.4 is 5.32 Å². The van der Waals surface area contributed by atoms with Crippen LogP contribution in [-0.2, 0) is 0 Å². The zero-order chi connectivity index (χ0) is 14.2. The lowest BCUT2D eigenvalue weighted by atomic mass is 10.3. The van der Waals surface area contributed by atoms with Crippen molar-refractivity contribution in [1.82, 2.24) is 20.2 Å². The molecule has 0 unspecified atom stereocenters. The Morgan fingerprint density at radius 2 is 2.29 bits per heavy atom. The first-order valence-electron chi connectivity index (χ1n) is 6.68. The van der Waals surface area contributed by atoms with Gasteiger partial charge >= 0.3 is 0 Å². The number of anilines is 2. The Balaban J connectivity index is 1.62. The van der Waals surface area contributed by atoms with Crippen molar-refractivity contribution in [1.29, 1.82) is 0 Å². The summed E-state index contributed by atoms with van der Waals surface area (Å²) in [6.07, 6.45) is 4.08. The molecular formula is C14H12ClN5S. The van der Waals surface area contributed by atoms with Gasteiger partial charge in [0.05, 0.1) is 11.1 Å². The van der Waals surface area contributed by atoms with E-state index in [1.807, 2.05) is 23.6 Å². The van der Waals surface area contributed by atoms with Gasteiger partial charge in [-0.25, -0.2) is 9.97 Å². The van der Waals surface area contributed by atoms with Crippen molar-refractivity contribution in [3.63, 3.8) is 0 Å². The van der Waals surface area contributed by atoms with E-state index < -0.39 is 0 Å². The molecule has 3 aromatic rings. The molecule has 0 spiro atoms. The third kappa shape index (κ3) is 2.64. The van der Waals surface area contributed by atoms with Crippen LogP contribution in [0.3, 0.4) is 0 Å². The highest BCUT2D eigenvalue weighted by Gasteiger charge is 2.25. The minimum absolute atomic E-state index is 0.478. The monoisotopic (exact) mass is 317 g/mol. The molecule has 0 bridgehead atoms. The Morgan fingerprint density at radius 1 is 1.38 bits per heavy atom. The van der Waals surface area contributed by atoms with Crippen molar-refractivity contribution in [3.8, 4) is 10.7 Å². The van der Waals surface area contributed by atoms with Crippen molar-refractivity contribution in [3.05, 3.63) is 40.5 Å². The van der Waals surface area contributed by atoms with Crippen molar-refractivity contribution in [2.75, 3.05) is 5.32 Å². The second-order valence-electron chi connectivity index (χ2n) is 4.98. The van der Waals surface area contributed by atoms with Gasteiger partial charge in [0.2, 0.25) is 0 Å². The van der Waals surface area contributed by atoms with Crippen LogP contribution in [0.1, 0.15) is 24.5 Å². The highest BCUT2D eigenvalue weighted by Crippen LogP contribution is 2.39. The van der Waals surface area contributed by atoms with Gasteiger partial charge in [0.1, 0.15) is 5.02 Å². The van der Waals surface area contributed by atoms with E-state index in [9.17, 15) is 0 Å². The number of nitrogens with zero attached hydrogens (tertiary/aromatic N) is 3. The van der Waals surface area contributed by atoms with Crippen LogP contribution in [0.25, 0.3) is 10.7 Å². The van der Waals surface area contributed by atoms with Crippen LogP contribution in [0.15, 0.2) is 29.8 Å². The second kappa shape index (κ2) is 5.13. The number of H-pyrrole nitrogens is 1. The second-order valence-corrected chi connectivity index (χ2v) is 6.33. The highest BCUT2D eigenvalue weighted by atomic mass is 35.5. The molecule has 0 amide bonds. The van der Waals surface area contributed by atoms with Crippen molar-refractivity contribution in [2.24, 2.45) is 0 Å². The van der Waals surface area contributed by atoms with E-state index in [0.717, 1.165) is 10.7 Å². The summed E-state index contributed by atoms with van der Waals surface area (Å²) in [6, 6.07) is 5.97. The zero-order valence-corrected chi connectivity index (χ0v) is 12.6. The van der Waals surface area contributed by atoms with E-state index in [1.54, 1.807) is 17.5 Å². The lowest BCUT2D eigenvalue weighted by Crippen LogP contribution is -1.97. The fraction of sp³-hybridized carbons (Fsp3) is 0.214. The average molecular weight is 318 g/mol. The lowest BCUT2D eigenvalue weighted by Gasteiger charge is -2.05. The van der Waals surface area contributed by atoms with Gasteiger partial charge < -0.3 is 5.32 Å². The molecule has 2 N–H and O–H groups in total. The Bertz CT molecular complexity index is 764. The quantitative estimate of drug-likeness (QED) is 0.756. The number of hydrogen-bond donors (Lipinski definition) is 2. The minimum Gasteiger partial charge on any atom is -0.322 e. The first kappa shape index (κ1) is 12.8. The van der Waals surface area contributed by atoms with E-state index in [0.29, 0.717) is 22.6 Å². The third-order valence-corrected chi connectivity index (χ3v) is 4.49. The standard InChI is InChI=1S/C14H12ClN5S/c15-9-7-16-14(11-2-1-5-21-11)18-13(9)17-12-6-10(19-20-12)8-3-4-8/h1-2,5-8H,3-4H2,(H2,16,17,18,19,20). The zero-order valence-electron chi connectivity index (χ0n) is 11.0. The Labute approximate surface area is 130 Å². The molecule has 4 rings (SSSR count). The van der Waals surface area contributed by atoms with Gasteiger partial charge in [-0.3, -0.25) is 5.10 Å². The molecule has 1 aliphatic carbocycles. The maximum Gasteiger partial charge on any atom is 0.171 e. The molecule has 0 radical (unpaired) electrons. The van der Waals surface area contributed by atoms with Gasteiger partial charge in [-0.05, 0) is 24.3 Å².